The monoisotopic (exact) mass is 274 g/mol. The molecule has 0 heterocycles. The molecule has 0 saturated heterocycles. The molecule has 1 aromatic rings. The number of hydrogen-bond acceptors (Lipinski definition) is 3. The summed E-state index contributed by atoms with van der Waals surface area (Å²) in [5.74, 6) is 0.928. The van der Waals surface area contributed by atoms with Crippen LogP contribution in [0.3, 0.4) is 0 Å². The van der Waals surface area contributed by atoms with Crippen molar-refractivity contribution in [2.24, 2.45) is 11.7 Å². The molecule has 0 aliphatic heterocycles. The number of rotatable bonds is 6. The van der Waals surface area contributed by atoms with Crippen LogP contribution in [0.25, 0.3) is 0 Å². The van der Waals surface area contributed by atoms with Gasteiger partial charge in [-0.15, -0.1) is 0 Å². The summed E-state index contributed by atoms with van der Waals surface area (Å²) in [4.78, 5) is 0. The zero-order valence-corrected chi connectivity index (χ0v) is 12.1. The number of benzene rings is 1. The van der Waals surface area contributed by atoms with E-state index in [1.54, 1.807) is 0 Å². The van der Waals surface area contributed by atoms with Gasteiger partial charge in [0.1, 0.15) is 0 Å². The van der Waals surface area contributed by atoms with E-state index in [1.807, 2.05) is 18.2 Å². The molecule has 1 aromatic carbocycles. The second-order valence-corrected chi connectivity index (χ2v) is 6.73. The second kappa shape index (κ2) is 5.84. The Hall–Kier alpha value is -0.900. The van der Waals surface area contributed by atoms with Crippen molar-refractivity contribution in [1.82, 2.24) is 5.32 Å². The van der Waals surface area contributed by atoms with E-state index in [2.05, 4.69) is 17.4 Å². The molecular weight excluding hydrogens is 248 g/mol. The van der Waals surface area contributed by atoms with Crippen molar-refractivity contribution in [3.05, 3.63) is 35.9 Å². The van der Waals surface area contributed by atoms with E-state index in [9.17, 15) is 5.11 Å². The lowest BCUT2D eigenvalue weighted by Crippen LogP contribution is -2.50. The Morgan fingerprint density at radius 3 is 2.55 bits per heavy atom. The third-order valence-corrected chi connectivity index (χ3v) is 5.24. The van der Waals surface area contributed by atoms with Gasteiger partial charge < -0.3 is 16.2 Å². The fraction of sp³-hybridized carbons (Fsp3) is 0.647. The number of nitrogens with two attached hydrogens (primary N) is 1. The van der Waals surface area contributed by atoms with E-state index in [-0.39, 0.29) is 6.04 Å². The minimum absolute atomic E-state index is 0.195. The van der Waals surface area contributed by atoms with Crippen LogP contribution in [0.2, 0.25) is 0 Å². The molecule has 2 aliphatic rings. The van der Waals surface area contributed by atoms with Gasteiger partial charge in [0, 0.05) is 18.1 Å². The van der Waals surface area contributed by atoms with E-state index < -0.39 is 6.10 Å². The minimum Gasteiger partial charge on any atom is -0.390 e. The zero-order valence-electron chi connectivity index (χ0n) is 12.1. The lowest BCUT2D eigenvalue weighted by molar-refractivity contribution is 0.127. The third kappa shape index (κ3) is 3.05. The third-order valence-electron chi connectivity index (χ3n) is 5.24. The van der Waals surface area contributed by atoms with E-state index in [1.165, 1.54) is 37.7 Å². The predicted octanol–water partition coefficient (Wildman–Crippen LogP) is 1.84. The van der Waals surface area contributed by atoms with Crippen LogP contribution in [0, 0.1) is 5.92 Å². The van der Waals surface area contributed by atoms with Crippen LogP contribution in [0.4, 0.5) is 0 Å². The smallest absolute Gasteiger partial charge is 0.0818 e. The number of nitrogens with one attached hydrogen (secondary N) is 1. The first-order valence-electron chi connectivity index (χ1n) is 7.89. The first-order chi connectivity index (χ1) is 9.67. The van der Waals surface area contributed by atoms with E-state index >= 15 is 0 Å². The van der Waals surface area contributed by atoms with Gasteiger partial charge in [0.2, 0.25) is 0 Å². The second-order valence-electron chi connectivity index (χ2n) is 6.73. The van der Waals surface area contributed by atoms with Crippen LogP contribution in [0.15, 0.2) is 30.3 Å². The summed E-state index contributed by atoms with van der Waals surface area (Å²) in [7, 11) is 0. The maximum absolute atomic E-state index is 10.3. The molecule has 20 heavy (non-hydrogen) atoms. The number of hydrogen-bond donors (Lipinski definition) is 3. The molecule has 0 aromatic heterocycles. The summed E-state index contributed by atoms with van der Waals surface area (Å²) in [5.41, 5.74) is 7.65. The first kappa shape index (κ1) is 14.1. The average molecular weight is 274 g/mol. The van der Waals surface area contributed by atoms with Gasteiger partial charge >= 0.3 is 0 Å². The molecule has 2 atom stereocenters. The maximum Gasteiger partial charge on any atom is 0.0818 e. The van der Waals surface area contributed by atoms with Gasteiger partial charge in [-0.25, -0.2) is 0 Å². The van der Waals surface area contributed by atoms with Crippen LogP contribution in [-0.4, -0.2) is 29.3 Å². The molecule has 4 N–H and O–H groups in total. The summed E-state index contributed by atoms with van der Waals surface area (Å²) in [6.45, 7) is 0.626. The Morgan fingerprint density at radius 2 is 1.95 bits per heavy atom. The Morgan fingerprint density at radius 1 is 1.25 bits per heavy atom. The topological polar surface area (TPSA) is 58.3 Å². The highest BCUT2D eigenvalue weighted by Crippen LogP contribution is 2.47. The summed E-state index contributed by atoms with van der Waals surface area (Å²) >= 11 is 0. The molecule has 0 spiro atoms. The van der Waals surface area contributed by atoms with Gasteiger partial charge in [-0.05, 0) is 50.0 Å². The van der Waals surface area contributed by atoms with Crippen LogP contribution in [-0.2, 0) is 6.42 Å². The lowest BCUT2D eigenvalue weighted by Gasteiger charge is -2.30. The van der Waals surface area contributed by atoms with Gasteiger partial charge in [0.05, 0.1) is 6.10 Å². The number of aliphatic hydroxyl groups is 1. The Balaban J connectivity index is 1.48. The fourth-order valence-corrected chi connectivity index (χ4v) is 3.93. The van der Waals surface area contributed by atoms with E-state index in [0.29, 0.717) is 12.1 Å². The molecule has 3 heteroatoms. The standard InChI is InChI=1S/C17H26N2O/c18-15(10-13-4-2-1-3-5-13)16(20)12-19-17-8-6-14(11-17)7-9-17/h1-5,14-16,19-20H,6-12,18H2. The van der Waals surface area contributed by atoms with Crippen LogP contribution >= 0.6 is 0 Å². The maximum atomic E-state index is 10.3. The average Bonchev–Trinajstić information content (AvgIpc) is 3.07. The molecule has 0 amide bonds. The van der Waals surface area contributed by atoms with Crippen LogP contribution < -0.4 is 11.1 Å². The van der Waals surface area contributed by atoms with Crippen LogP contribution in [0.5, 0.6) is 0 Å². The first-order valence-corrected chi connectivity index (χ1v) is 7.89. The van der Waals surface area contributed by atoms with Crippen molar-refractivity contribution in [2.45, 2.75) is 56.2 Å². The molecule has 2 unspecified atom stereocenters. The molecule has 3 nitrogen and oxygen atoms in total. The molecule has 2 aliphatic carbocycles. The molecule has 110 valence electrons. The fourth-order valence-electron chi connectivity index (χ4n) is 3.93. The van der Waals surface area contributed by atoms with Crippen molar-refractivity contribution in [3.8, 4) is 0 Å². The highest BCUT2D eigenvalue weighted by molar-refractivity contribution is 5.16. The molecular formula is C17H26N2O. The van der Waals surface area contributed by atoms with Gasteiger partial charge in [0.25, 0.3) is 0 Å². The number of aliphatic hydroxyl groups excluding tert-OH is 1. The molecule has 2 saturated carbocycles. The van der Waals surface area contributed by atoms with E-state index in [0.717, 1.165) is 12.3 Å². The van der Waals surface area contributed by atoms with Gasteiger partial charge in [-0.1, -0.05) is 30.3 Å². The van der Waals surface area contributed by atoms with Crippen molar-refractivity contribution < 1.29 is 5.11 Å². The molecule has 2 fully saturated rings. The minimum atomic E-state index is -0.468. The zero-order chi connectivity index (χ0) is 14.0. The van der Waals surface area contributed by atoms with Crippen molar-refractivity contribution >= 4 is 0 Å². The Kier molecular flexibility index (Phi) is 4.11. The highest BCUT2D eigenvalue weighted by Gasteiger charge is 2.44. The summed E-state index contributed by atoms with van der Waals surface area (Å²) in [6.07, 6.45) is 6.84. The highest BCUT2D eigenvalue weighted by atomic mass is 16.3. The van der Waals surface area contributed by atoms with Gasteiger partial charge in [-0.3, -0.25) is 0 Å². The van der Waals surface area contributed by atoms with Crippen molar-refractivity contribution in [1.29, 1.82) is 0 Å². The normalized spacial score (nSPS) is 31.4. The van der Waals surface area contributed by atoms with Gasteiger partial charge in [-0.2, -0.15) is 0 Å². The predicted molar refractivity (Wildman–Crippen MR) is 81.4 cm³/mol. The van der Waals surface area contributed by atoms with E-state index in [4.69, 9.17) is 5.73 Å². The summed E-state index contributed by atoms with van der Waals surface area (Å²) in [6, 6.07) is 9.98. The largest absolute Gasteiger partial charge is 0.390 e. The SMILES string of the molecule is NC(Cc1ccccc1)C(O)CNC12CCC(CC1)C2. The Bertz CT molecular complexity index is 426. The molecule has 3 rings (SSSR count). The van der Waals surface area contributed by atoms with Crippen molar-refractivity contribution in [2.75, 3.05) is 6.54 Å². The summed E-state index contributed by atoms with van der Waals surface area (Å²) in [5, 5.41) is 13.9. The molecule has 0 radical (unpaired) electrons. The van der Waals surface area contributed by atoms with Crippen LogP contribution in [0.1, 0.15) is 37.7 Å². The summed E-state index contributed by atoms with van der Waals surface area (Å²) < 4.78 is 0. The quantitative estimate of drug-likeness (QED) is 0.742. The Labute approximate surface area is 121 Å². The number of β-amino-alcohol motifs (C(OH)–C–C–N with tert-alkyl or cyclic N) is 1. The lowest BCUT2D eigenvalue weighted by atomic mass is 9.93. The van der Waals surface area contributed by atoms with Gasteiger partial charge in [0.15, 0.2) is 0 Å². The van der Waals surface area contributed by atoms with Crippen molar-refractivity contribution in [3.63, 3.8) is 0 Å². The molecule has 2 bridgehead atoms. The number of fused-ring (bicyclic) bond motifs is 2.